The molecule has 0 aromatic carbocycles. The molecule has 90 valence electrons. The highest BCUT2D eigenvalue weighted by molar-refractivity contribution is 6.31. The van der Waals surface area contributed by atoms with E-state index in [-0.39, 0.29) is 0 Å². The Labute approximate surface area is 99.5 Å². The molecule has 1 rings (SSSR count). The van der Waals surface area contributed by atoms with E-state index in [0.29, 0.717) is 18.1 Å². The third-order valence-electron chi connectivity index (χ3n) is 2.26. The first-order valence-electron chi connectivity index (χ1n) is 5.07. The summed E-state index contributed by atoms with van der Waals surface area (Å²) in [6.45, 7) is 3.87. The Hall–Kier alpha value is -1.07. The summed E-state index contributed by atoms with van der Waals surface area (Å²) in [4.78, 5) is 11.4. The average molecular weight is 246 g/mol. The molecule has 0 spiro atoms. The van der Waals surface area contributed by atoms with Crippen LogP contribution in [0.5, 0.6) is 0 Å². The minimum Gasteiger partial charge on any atom is -0.465 e. The van der Waals surface area contributed by atoms with Gasteiger partial charge in [-0.25, -0.2) is 0 Å². The smallest absolute Gasteiger partial charge is 0.323 e. The molecule has 1 heterocycles. The molecule has 0 radical (unpaired) electrons. The molecule has 6 heteroatoms. The summed E-state index contributed by atoms with van der Waals surface area (Å²) in [5, 5.41) is 4.70. The number of ether oxygens (including phenoxy) is 1. The van der Waals surface area contributed by atoms with E-state index in [1.165, 1.54) is 0 Å². The van der Waals surface area contributed by atoms with E-state index in [2.05, 4.69) is 5.10 Å². The summed E-state index contributed by atoms with van der Waals surface area (Å²) < 4.78 is 6.46. The van der Waals surface area contributed by atoms with Crippen molar-refractivity contribution in [3.8, 4) is 0 Å². The molecule has 0 saturated carbocycles. The van der Waals surface area contributed by atoms with Crippen LogP contribution in [0.4, 0.5) is 0 Å². The molecule has 0 bridgehead atoms. The molecule has 5 nitrogen and oxygen atoms in total. The van der Waals surface area contributed by atoms with Crippen molar-refractivity contribution >= 4 is 17.6 Å². The van der Waals surface area contributed by atoms with E-state index >= 15 is 0 Å². The van der Waals surface area contributed by atoms with E-state index in [1.54, 1.807) is 18.7 Å². The minimum absolute atomic E-state index is 0.324. The van der Waals surface area contributed by atoms with Crippen LogP contribution in [-0.4, -0.2) is 28.4 Å². The van der Waals surface area contributed by atoms with Crippen molar-refractivity contribution in [2.75, 3.05) is 6.61 Å². The van der Waals surface area contributed by atoms with Gasteiger partial charge in [-0.1, -0.05) is 11.6 Å². The van der Waals surface area contributed by atoms with Crippen molar-refractivity contribution in [3.63, 3.8) is 0 Å². The lowest BCUT2D eigenvalue weighted by Crippen LogP contribution is -2.35. The van der Waals surface area contributed by atoms with Crippen molar-refractivity contribution in [2.45, 2.75) is 26.3 Å². The van der Waals surface area contributed by atoms with Gasteiger partial charge in [-0.05, 0) is 13.8 Å². The highest BCUT2D eigenvalue weighted by Crippen LogP contribution is 2.20. The summed E-state index contributed by atoms with van der Waals surface area (Å²) in [5.74, 6) is -0.419. The Balaban J connectivity index is 2.76. The second-order valence-electron chi connectivity index (χ2n) is 3.53. The summed E-state index contributed by atoms with van der Waals surface area (Å²) in [5.41, 5.74) is 7.19. The Bertz CT molecular complexity index is 390. The molecule has 1 unspecified atom stereocenters. The number of nitrogens with zero attached hydrogens (tertiary/aromatic N) is 2. The molecule has 1 aromatic heterocycles. The van der Waals surface area contributed by atoms with Crippen LogP contribution in [0.1, 0.15) is 18.3 Å². The molecule has 0 amide bonds. The van der Waals surface area contributed by atoms with Gasteiger partial charge in [0.25, 0.3) is 0 Å². The van der Waals surface area contributed by atoms with Gasteiger partial charge in [0.1, 0.15) is 6.04 Å². The molecular weight excluding hydrogens is 230 g/mol. The number of nitrogens with two attached hydrogens (primary N) is 1. The van der Waals surface area contributed by atoms with Crippen LogP contribution in [0.15, 0.2) is 0 Å². The summed E-state index contributed by atoms with van der Waals surface area (Å²) >= 11 is 6.05. The monoisotopic (exact) mass is 245 g/mol. The van der Waals surface area contributed by atoms with Gasteiger partial charge < -0.3 is 10.5 Å². The zero-order chi connectivity index (χ0) is 12.3. The number of hydrogen-bond acceptors (Lipinski definition) is 4. The Morgan fingerprint density at radius 1 is 1.69 bits per heavy atom. The predicted molar refractivity (Wildman–Crippen MR) is 61.3 cm³/mol. The molecule has 1 aromatic rings. The minimum atomic E-state index is -0.702. The summed E-state index contributed by atoms with van der Waals surface area (Å²) in [7, 11) is 1.77. The highest BCUT2D eigenvalue weighted by atomic mass is 35.5. The first kappa shape index (κ1) is 13.0. The molecule has 0 saturated heterocycles. The normalized spacial score (nSPS) is 12.6. The Morgan fingerprint density at radius 3 is 2.75 bits per heavy atom. The maximum absolute atomic E-state index is 11.4. The number of aryl methyl sites for hydroxylation is 2. The van der Waals surface area contributed by atoms with Crippen molar-refractivity contribution in [1.29, 1.82) is 0 Å². The van der Waals surface area contributed by atoms with Crippen molar-refractivity contribution in [3.05, 3.63) is 16.4 Å². The average Bonchev–Trinajstić information content (AvgIpc) is 2.45. The predicted octanol–water partition coefficient (Wildman–Crippen LogP) is 0.815. The van der Waals surface area contributed by atoms with Crippen LogP contribution in [0.3, 0.4) is 0 Å². The third kappa shape index (κ3) is 2.74. The molecule has 1 atom stereocenters. The number of esters is 1. The second-order valence-corrected chi connectivity index (χ2v) is 3.91. The van der Waals surface area contributed by atoms with Crippen LogP contribution in [0.2, 0.25) is 5.02 Å². The zero-order valence-corrected chi connectivity index (χ0v) is 10.4. The second kappa shape index (κ2) is 5.32. The van der Waals surface area contributed by atoms with Gasteiger partial charge in [-0.2, -0.15) is 5.10 Å². The van der Waals surface area contributed by atoms with Crippen molar-refractivity contribution < 1.29 is 9.53 Å². The topological polar surface area (TPSA) is 70.1 Å². The fourth-order valence-corrected chi connectivity index (χ4v) is 1.68. The number of rotatable bonds is 4. The van der Waals surface area contributed by atoms with Crippen LogP contribution in [-0.2, 0) is 23.0 Å². The van der Waals surface area contributed by atoms with Gasteiger partial charge in [0.2, 0.25) is 0 Å². The molecule has 2 N–H and O–H groups in total. The molecule has 0 aliphatic rings. The van der Waals surface area contributed by atoms with E-state index in [9.17, 15) is 4.79 Å². The first-order chi connectivity index (χ1) is 7.47. The van der Waals surface area contributed by atoms with Crippen LogP contribution in [0.25, 0.3) is 0 Å². The van der Waals surface area contributed by atoms with Crippen LogP contribution in [0, 0.1) is 6.92 Å². The Kier molecular flexibility index (Phi) is 4.32. The van der Waals surface area contributed by atoms with E-state index in [0.717, 1.165) is 11.4 Å². The maximum Gasteiger partial charge on any atom is 0.323 e. The van der Waals surface area contributed by atoms with E-state index < -0.39 is 12.0 Å². The highest BCUT2D eigenvalue weighted by Gasteiger charge is 2.20. The van der Waals surface area contributed by atoms with E-state index in [1.807, 2.05) is 6.92 Å². The lowest BCUT2D eigenvalue weighted by Gasteiger charge is -2.10. The van der Waals surface area contributed by atoms with E-state index in [4.69, 9.17) is 22.1 Å². The lowest BCUT2D eigenvalue weighted by atomic mass is 10.1. The number of hydrogen-bond donors (Lipinski definition) is 1. The summed E-state index contributed by atoms with van der Waals surface area (Å²) in [6, 6.07) is -0.702. The maximum atomic E-state index is 11.4. The summed E-state index contributed by atoms with van der Waals surface area (Å²) in [6.07, 6.45) is 0.328. The molecule has 0 aliphatic carbocycles. The quantitative estimate of drug-likeness (QED) is 0.798. The van der Waals surface area contributed by atoms with Gasteiger partial charge in [0.15, 0.2) is 0 Å². The largest absolute Gasteiger partial charge is 0.465 e. The molecular formula is C10H16ClN3O2. The standard InChI is InChI=1S/C10H16ClN3O2/c1-4-16-10(15)7(12)5-8-9(11)6(2)13-14(8)3/h7H,4-5,12H2,1-3H3. The lowest BCUT2D eigenvalue weighted by molar-refractivity contribution is -0.144. The van der Waals surface area contributed by atoms with Gasteiger partial charge in [-0.15, -0.1) is 0 Å². The molecule has 0 aliphatic heterocycles. The fraction of sp³-hybridized carbons (Fsp3) is 0.600. The SMILES string of the molecule is CCOC(=O)C(N)Cc1c(Cl)c(C)nn1C. The van der Waals surface area contributed by atoms with Gasteiger partial charge in [0, 0.05) is 13.5 Å². The van der Waals surface area contributed by atoms with Crippen molar-refractivity contribution in [1.82, 2.24) is 9.78 Å². The number of aromatic nitrogens is 2. The van der Waals surface area contributed by atoms with Gasteiger partial charge in [-0.3, -0.25) is 9.48 Å². The zero-order valence-electron chi connectivity index (χ0n) is 9.66. The van der Waals surface area contributed by atoms with Gasteiger partial charge >= 0.3 is 5.97 Å². The van der Waals surface area contributed by atoms with Crippen LogP contribution < -0.4 is 5.73 Å². The number of halogens is 1. The number of carbonyl (C=O) groups is 1. The van der Waals surface area contributed by atoms with Crippen LogP contribution >= 0.6 is 11.6 Å². The molecule has 0 fully saturated rings. The van der Waals surface area contributed by atoms with Crippen molar-refractivity contribution in [2.24, 2.45) is 12.8 Å². The Morgan fingerprint density at radius 2 is 2.31 bits per heavy atom. The first-order valence-corrected chi connectivity index (χ1v) is 5.45. The number of carbonyl (C=O) groups excluding carboxylic acids is 1. The third-order valence-corrected chi connectivity index (χ3v) is 2.76. The fourth-order valence-electron chi connectivity index (χ4n) is 1.44. The van der Waals surface area contributed by atoms with Gasteiger partial charge in [0.05, 0.1) is 23.0 Å². The molecule has 16 heavy (non-hydrogen) atoms.